The lowest BCUT2D eigenvalue weighted by Crippen LogP contribution is -2.46. The van der Waals surface area contributed by atoms with Gasteiger partial charge in [-0.1, -0.05) is 48.3 Å². The first kappa shape index (κ1) is 29.2. The minimum atomic E-state index is -1.50. The van der Waals surface area contributed by atoms with Crippen LogP contribution in [-0.2, 0) is 36.2 Å². The third-order valence-electron chi connectivity index (χ3n) is 8.56. The quantitative estimate of drug-likeness (QED) is 0.251. The second-order valence-electron chi connectivity index (χ2n) is 11.4. The Morgan fingerprint density at radius 2 is 1.79 bits per heavy atom. The van der Waals surface area contributed by atoms with Gasteiger partial charge < -0.3 is 19.5 Å². The first-order valence-electron chi connectivity index (χ1n) is 13.9. The Labute approximate surface area is 253 Å². The number of benzene rings is 2. The Morgan fingerprint density at radius 3 is 2.38 bits per heavy atom. The van der Waals surface area contributed by atoms with E-state index in [4.69, 9.17) is 27.9 Å². The molecule has 0 radical (unpaired) electrons. The zero-order valence-corrected chi connectivity index (χ0v) is 24.9. The van der Waals surface area contributed by atoms with E-state index in [0.717, 1.165) is 12.8 Å². The summed E-state index contributed by atoms with van der Waals surface area (Å²) in [4.78, 5) is 15.2. The van der Waals surface area contributed by atoms with E-state index in [1.807, 2.05) is 37.1 Å². The summed E-state index contributed by atoms with van der Waals surface area (Å²) in [5, 5.41) is 22.9. The molecule has 0 amide bonds. The number of halogens is 3. The number of aliphatic hydroxyl groups excluding tert-OH is 1. The topological polar surface area (TPSA) is 96.5 Å². The van der Waals surface area contributed by atoms with Gasteiger partial charge in [-0.15, -0.1) is 0 Å². The maximum Gasteiger partial charge on any atom is 0.177 e. The van der Waals surface area contributed by atoms with Crippen molar-refractivity contribution >= 4 is 23.2 Å². The number of rotatable bonds is 10. The highest BCUT2D eigenvalue weighted by molar-refractivity contribution is 6.30. The molecular weight excluding hydrogens is 580 g/mol. The van der Waals surface area contributed by atoms with Crippen LogP contribution in [0.3, 0.4) is 0 Å². The number of nitrogens with zero attached hydrogens (tertiary/aromatic N) is 5. The maximum absolute atomic E-state index is 16.7. The van der Waals surface area contributed by atoms with Crippen molar-refractivity contribution in [2.75, 3.05) is 13.2 Å². The summed E-state index contributed by atoms with van der Waals surface area (Å²) >= 11 is 12.3. The van der Waals surface area contributed by atoms with Crippen LogP contribution < -0.4 is 0 Å². The van der Waals surface area contributed by atoms with Crippen molar-refractivity contribution in [3.63, 3.8) is 0 Å². The van der Waals surface area contributed by atoms with E-state index in [1.165, 1.54) is 18.5 Å². The van der Waals surface area contributed by atoms with Gasteiger partial charge in [0, 0.05) is 53.7 Å². The molecule has 0 spiro atoms. The average molecular weight is 613 g/mol. The molecule has 1 saturated carbocycles. The molecule has 0 saturated heterocycles. The highest BCUT2D eigenvalue weighted by atomic mass is 35.5. The molecule has 1 aliphatic heterocycles. The van der Waals surface area contributed by atoms with E-state index in [-0.39, 0.29) is 31.7 Å². The average Bonchev–Trinajstić information content (AvgIpc) is 3.52. The highest BCUT2D eigenvalue weighted by Crippen LogP contribution is 2.52. The van der Waals surface area contributed by atoms with Gasteiger partial charge in [-0.05, 0) is 48.6 Å². The lowest BCUT2D eigenvalue weighted by molar-refractivity contribution is -0.148. The summed E-state index contributed by atoms with van der Waals surface area (Å²) in [6.07, 6.45) is 8.34. The second-order valence-corrected chi connectivity index (χ2v) is 12.3. The molecule has 3 heterocycles. The Kier molecular flexibility index (Phi) is 7.62. The predicted molar refractivity (Wildman–Crippen MR) is 156 cm³/mol. The predicted octanol–water partition coefficient (Wildman–Crippen LogP) is 5.31. The van der Waals surface area contributed by atoms with Gasteiger partial charge in [-0.3, -0.25) is 4.90 Å². The summed E-state index contributed by atoms with van der Waals surface area (Å²) < 4.78 is 25.3. The largest absolute Gasteiger partial charge is 0.396 e. The van der Waals surface area contributed by atoms with Gasteiger partial charge in [0.25, 0.3) is 0 Å². The second kappa shape index (κ2) is 11.0. The fourth-order valence-corrected chi connectivity index (χ4v) is 6.06. The van der Waals surface area contributed by atoms with E-state index < -0.39 is 17.1 Å². The normalized spacial score (nSPS) is 20.8. The summed E-state index contributed by atoms with van der Waals surface area (Å²) in [6, 6.07) is 10.4. The van der Waals surface area contributed by atoms with Crippen LogP contribution in [0.25, 0.3) is 0 Å². The molecule has 2 aromatic heterocycles. The van der Waals surface area contributed by atoms with Gasteiger partial charge in [0.2, 0.25) is 0 Å². The van der Waals surface area contributed by atoms with Crippen molar-refractivity contribution in [1.82, 2.24) is 24.4 Å². The molecule has 220 valence electrons. The van der Waals surface area contributed by atoms with E-state index in [0.29, 0.717) is 50.2 Å². The van der Waals surface area contributed by atoms with Crippen LogP contribution in [0, 0.1) is 11.2 Å². The molecule has 0 bridgehead atoms. The third-order valence-corrected chi connectivity index (χ3v) is 9.00. The van der Waals surface area contributed by atoms with Crippen molar-refractivity contribution < 1.29 is 19.3 Å². The van der Waals surface area contributed by atoms with E-state index >= 15 is 4.39 Å². The molecule has 2 N–H and O–H groups in total. The van der Waals surface area contributed by atoms with Crippen LogP contribution >= 0.6 is 23.2 Å². The summed E-state index contributed by atoms with van der Waals surface area (Å²) in [5.74, 6) is -0.0368. The molecular formula is C31H32Cl2FN5O3. The highest BCUT2D eigenvalue weighted by Gasteiger charge is 2.53. The molecule has 1 fully saturated rings. The lowest BCUT2D eigenvalue weighted by Gasteiger charge is -2.40. The van der Waals surface area contributed by atoms with Crippen LogP contribution in [0.1, 0.15) is 60.0 Å². The number of hydrogen-bond acceptors (Lipinski definition) is 7. The molecule has 2 atom stereocenters. The van der Waals surface area contributed by atoms with Crippen molar-refractivity contribution in [1.29, 1.82) is 0 Å². The van der Waals surface area contributed by atoms with E-state index in [9.17, 15) is 10.2 Å². The van der Waals surface area contributed by atoms with Gasteiger partial charge in [-0.25, -0.2) is 19.3 Å². The van der Waals surface area contributed by atoms with Crippen LogP contribution in [0.15, 0.2) is 61.3 Å². The number of aliphatic hydroxyl groups is 2. The number of aromatic nitrogens is 4. The summed E-state index contributed by atoms with van der Waals surface area (Å²) in [5.41, 5.74) is -0.730. The molecule has 2 aliphatic rings. The molecule has 8 nitrogen and oxygen atoms in total. The number of ether oxygens (including phenoxy) is 1. The zero-order chi connectivity index (χ0) is 29.7. The van der Waals surface area contributed by atoms with Gasteiger partial charge in [0.15, 0.2) is 5.72 Å². The fraction of sp³-hybridized carbons (Fsp3) is 0.387. The Bertz CT molecular complexity index is 1600. The Balaban J connectivity index is 1.53. The molecule has 11 heteroatoms. The summed E-state index contributed by atoms with van der Waals surface area (Å²) in [7, 11) is 1.82. The van der Waals surface area contributed by atoms with Crippen LogP contribution in [-0.4, -0.2) is 47.8 Å². The van der Waals surface area contributed by atoms with Gasteiger partial charge >= 0.3 is 0 Å². The molecule has 42 heavy (non-hydrogen) atoms. The Morgan fingerprint density at radius 1 is 1.07 bits per heavy atom. The van der Waals surface area contributed by atoms with Gasteiger partial charge in [0.05, 0.1) is 36.8 Å². The maximum atomic E-state index is 16.7. The molecule has 2 aromatic carbocycles. The van der Waals surface area contributed by atoms with Gasteiger partial charge in [0.1, 0.15) is 17.2 Å². The van der Waals surface area contributed by atoms with Crippen LogP contribution in [0.4, 0.5) is 4.39 Å². The Hall–Kier alpha value is -2.92. The molecule has 4 aromatic rings. The SMILES string of the molecule is CCC(O)(c1cc(F)c2c(c1)CN(Cc1ncc(Cl)cn1)[C@@]2(OCC1(CO)CC1)c1ccc(Cl)cc1)c1cn(C)cn1. The smallest absolute Gasteiger partial charge is 0.177 e. The first-order valence-corrected chi connectivity index (χ1v) is 14.6. The van der Waals surface area contributed by atoms with Crippen molar-refractivity contribution in [3.05, 3.63) is 111 Å². The monoisotopic (exact) mass is 611 g/mol. The number of fused-ring (bicyclic) bond motifs is 1. The van der Waals surface area contributed by atoms with Crippen molar-refractivity contribution in [2.45, 2.75) is 50.6 Å². The van der Waals surface area contributed by atoms with E-state index in [2.05, 4.69) is 15.0 Å². The van der Waals surface area contributed by atoms with Crippen molar-refractivity contribution in [2.24, 2.45) is 12.5 Å². The zero-order valence-electron chi connectivity index (χ0n) is 23.4. The van der Waals surface area contributed by atoms with Crippen molar-refractivity contribution in [3.8, 4) is 0 Å². The molecule has 1 unspecified atom stereocenters. The lowest BCUT2D eigenvalue weighted by atomic mass is 9.84. The van der Waals surface area contributed by atoms with Crippen LogP contribution in [0.5, 0.6) is 0 Å². The van der Waals surface area contributed by atoms with E-state index in [1.54, 1.807) is 29.2 Å². The third kappa shape index (κ3) is 5.02. The molecule has 6 rings (SSSR count). The minimum absolute atomic E-state index is 0.0219. The standard InChI is InChI=1S/C31H32Cl2FN5O3/c1-3-30(41,26-15-38(2)19-37-26)22-10-20-14-39(16-27-35-12-24(33)13-36-27)31(28(20)25(34)11-22,21-4-6-23(32)7-5-21)42-18-29(17-40)8-9-29/h4-7,10-13,15,19,40-41H,3,8-9,14,16-18H2,1-2H3/t30?,31-/m1/s1. The van der Waals surface area contributed by atoms with Crippen LogP contribution in [0.2, 0.25) is 10.0 Å². The van der Waals surface area contributed by atoms with Gasteiger partial charge in [-0.2, -0.15) is 0 Å². The fourth-order valence-electron chi connectivity index (χ4n) is 5.83. The number of hydrogen-bond donors (Lipinski definition) is 2. The number of imidazole rings is 1. The first-order chi connectivity index (χ1) is 20.1. The minimum Gasteiger partial charge on any atom is -0.396 e. The summed E-state index contributed by atoms with van der Waals surface area (Å²) in [6.45, 7) is 2.54. The number of aryl methyl sites for hydroxylation is 1. The molecule has 1 aliphatic carbocycles.